The first kappa shape index (κ1) is 12.1. The number of aromatic nitrogens is 1. The van der Waals surface area contributed by atoms with Gasteiger partial charge in [0.2, 0.25) is 0 Å². The molecular weight excluding hydrogens is 204 g/mol. The van der Waals surface area contributed by atoms with Crippen molar-refractivity contribution in [1.29, 1.82) is 0 Å². The minimum absolute atomic E-state index is 0.0638. The van der Waals surface area contributed by atoms with Crippen LogP contribution in [0.1, 0.15) is 29.9 Å². The molecule has 4 heteroatoms. The first-order valence-corrected chi connectivity index (χ1v) is 4.86. The average Bonchev–Trinajstić information content (AvgIpc) is 2.16. The fourth-order valence-corrected chi connectivity index (χ4v) is 1.14. The third-order valence-electron chi connectivity index (χ3n) is 2.09. The third-order valence-corrected chi connectivity index (χ3v) is 2.09. The molecule has 2 N–H and O–H groups in total. The topological polar surface area (TPSA) is 62.0 Å². The highest BCUT2D eigenvalue weighted by atomic mass is 16.2. The van der Waals surface area contributed by atoms with Crippen LogP contribution in [0.25, 0.3) is 0 Å². The number of pyridine rings is 1. The summed E-state index contributed by atoms with van der Waals surface area (Å²) < 4.78 is 0. The number of hydrogen-bond acceptors (Lipinski definition) is 2. The largest absolute Gasteiger partial charge is 0.336 e. The molecule has 4 nitrogen and oxygen atoms in total. The lowest BCUT2D eigenvalue weighted by Gasteiger charge is -2.19. The highest BCUT2D eigenvalue weighted by molar-refractivity contribution is 5.94. The highest BCUT2D eigenvalue weighted by Crippen LogP contribution is 2.01. The van der Waals surface area contributed by atoms with Crippen molar-refractivity contribution in [2.24, 2.45) is 0 Å². The zero-order valence-electron chi connectivity index (χ0n) is 9.55. The average molecular weight is 218 g/mol. The number of aryl methyl sites for hydroxylation is 1. The van der Waals surface area contributed by atoms with Crippen LogP contribution >= 0.6 is 0 Å². The Balaban J connectivity index is 3.00. The third kappa shape index (κ3) is 2.74. The molecule has 0 aliphatic rings. The number of hydrogen-bond donors (Lipinski definition) is 2. The first-order chi connectivity index (χ1) is 7.35. The molecule has 0 bridgehead atoms. The number of carbonyl (C=O) groups excluding carboxylic acids is 1. The second-order valence-corrected chi connectivity index (χ2v) is 4.11. The molecule has 1 amide bonds. The molecular formula is C12H14N2O2. The molecule has 0 atom stereocenters. The Morgan fingerprint density at radius 1 is 1.50 bits per heavy atom. The van der Waals surface area contributed by atoms with E-state index in [9.17, 15) is 9.59 Å². The molecule has 1 heterocycles. The Kier molecular flexibility index (Phi) is 3.19. The fourth-order valence-electron chi connectivity index (χ4n) is 1.14. The summed E-state index contributed by atoms with van der Waals surface area (Å²) in [6.45, 7) is 5.12. The van der Waals surface area contributed by atoms with Gasteiger partial charge in [-0.3, -0.25) is 9.59 Å². The van der Waals surface area contributed by atoms with Crippen LogP contribution in [0.4, 0.5) is 0 Å². The van der Waals surface area contributed by atoms with Gasteiger partial charge < -0.3 is 10.3 Å². The zero-order chi connectivity index (χ0) is 12.3. The van der Waals surface area contributed by atoms with E-state index in [1.165, 1.54) is 6.07 Å². The number of amides is 1. The van der Waals surface area contributed by atoms with Gasteiger partial charge in [0.15, 0.2) is 0 Å². The van der Waals surface area contributed by atoms with Gasteiger partial charge in [-0.25, -0.2) is 0 Å². The van der Waals surface area contributed by atoms with Crippen molar-refractivity contribution in [3.8, 4) is 12.3 Å². The quantitative estimate of drug-likeness (QED) is 0.722. The van der Waals surface area contributed by atoms with Crippen LogP contribution in [0, 0.1) is 19.3 Å². The van der Waals surface area contributed by atoms with Gasteiger partial charge in [-0.15, -0.1) is 6.42 Å². The second-order valence-electron chi connectivity index (χ2n) is 4.11. The van der Waals surface area contributed by atoms with Gasteiger partial charge in [-0.1, -0.05) is 5.92 Å². The molecule has 0 spiro atoms. The van der Waals surface area contributed by atoms with E-state index >= 15 is 0 Å². The van der Waals surface area contributed by atoms with Crippen LogP contribution in [0.15, 0.2) is 16.9 Å². The predicted molar refractivity (Wildman–Crippen MR) is 62.2 cm³/mol. The monoisotopic (exact) mass is 218 g/mol. The molecule has 0 unspecified atom stereocenters. The summed E-state index contributed by atoms with van der Waals surface area (Å²) in [6, 6.07) is 3.15. The van der Waals surface area contributed by atoms with Gasteiger partial charge in [0.1, 0.15) is 5.56 Å². The molecule has 1 aromatic rings. The number of H-pyrrole nitrogens is 1. The predicted octanol–water partition coefficient (Wildman–Crippen LogP) is 0.825. The van der Waals surface area contributed by atoms with Gasteiger partial charge in [0.05, 0.1) is 5.54 Å². The van der Waals surface area contributed by atoms with E-state index in [1.54, 1.807) is 26.8 Å². The van der Waals surface area contributed by atoms with Gasteiger partial charge in [0.25, 0.3) is 11.5 Å². The maximum atomic E-state index is 11.7. The van der Waals surface area contributed by atoms with Gasteiger partial charge in [-0.2, -0.15) is 0 Å². The lowest BCUT2D eigenvalue weighted by Crippen LogP contribution is -2.43. The van der Waals surface area contributed by atoms with Crippen LogP contribution in [-0.4, -0.2) is 16.4 Å². The van der Waals surface area contributed by atoms with Crippen molar-refractivity contribution in [2.75, 3.05) is 0 Å². The van der Waals surface area contributed by atoms with Crippen LogP contribution < -0.4 is 10.9 Å². The Morgan fingerprint density at radius 2 is 2.12 bits per heavy atom. The molecule has 84 valence electrons. The molecule has 1 rings (SSSR count). The first-order valence-electron chi connectivity index (χ1n) is 4.86. The number of terminal acetylenes is 1. The minimum Gasteiger partial charge on any atom is -0.336 e. The summed E-state index contributed by atoms with van der Waals surface area (Å²) in [5.41, 5.74) is -0.411. The van der Waals surface area contributed by atoms with Crippen LogP contribution in [0.2, 0.25) is 0 Å². The zero-order valence-corrected chi connectivity index (χ0v) is 9.55. The standard InChI is InChI=1S/C12H14N2O2/c1-5-12(3,4)14-11(16)9-7-6-8(2)13-10(9)15/h1,6-7H,2-4H3,(H,13,15)(H,14,16). The van der Waals surface area contributed by atoms with Crippen molar-refractivity contribution < 1.29 is 4.79 Å². The number of nitrogens with one attached hydrogen (secondary N) is 2. The van der Waals surface area contributed by atoms with E-state index in [2.05, 4.69) is 16.2 Å². The summed E-state index contributed by atoms with van der Waals surface area (Å²) in [6.07, 6.45) is 5.24. The normalized spacial score (nSPS) is 10.6. The van der Waals surface area contributed by atoms with E-state index in [1.807, 2.05) is 0 Å². The second kappa shape index (κ2) is 4.23. The molecule has 16 heavy (non-hydrogen) atoms. The smallest absolute Gasteiger partial charge is 0.260 e. The van der Waals surface area contributed by atoms with Gasteiger partial charge >= 0.3 is 0 Å². The Labute approximate surface area is 94.1 Å². The van der Waals surface area contributed by atoms with E-state index < -0.39 is 17.0 Å². The number of aromatic amines is 1. The minimum atomic E-state index is -0.769. The van der Waals surface area contributed by atoms with Gasteiger partial charge in [0, 0.05) is 5.69 Å². The van der Waals surface area contributed by atoms with Crippen LogP contribution in [0.5, 0.6) is 0 Å². The molecule has 0 aromatic carbocycles. The Morgan fingerprint density at radius 3 is 2.62 bits per heavy atom. The van der Waals surface area contributed by atoms with Crippen molar-refractivity contribution in [1.82, 2.24) is 10.3 Å². The summed E-state index contributed by atoms with van der Waals surface area (Å²) in [7, 11) is 0. The molecule has 0 saturated carbocycles. The summed E-state index contributed by atoms with van der Waals surface area (Å²) in [5, 5.41) is 2.59. The van der Waals surface area contributed by atoms with Crippen LogP contribution in [0.3, 0.4) is 0 Å². The summed E-state index contributed by atoms with van der Waals surface area (Å²) >= 11 is 0. The van der Waals surface area contributed by atoms with Crippen molar-refractivity contribution in [3.63, 3.8) is 0 Å². The lowest BCUT2D eigenvalue weighted by molar-refractivity contribution is 0.0928. The molecule has 0 aliphatic heterocycles. The van der Waals surface area contributed by atoms with Crippen molar-refractivity contribution >= 4 is 5.91 Å². The molecule has 0 aliphatic carbocycles. The Hall–Kier alpha value is -2.02. The van der Waals surface area contributed by atoms with E-state index in [0.717, 1.165) is 0 Å². The maximum Gasteiger partial charge on any atom is 0.260 e. The fraction of sp³-hybridized carbons (Fsp3) is 0.333. The van der Waals surface area contributed by atoms with Crippen molar-refractivity contribution in [3.05, 3.63) is 33.7 Å². The van der Waals surface area contributed by atoms with E-state index in [-0.39, 0.29) is 5.56 Å². The van der Waals surface area contributed by atoms with Crippen molar-refractivity contribution in [2.45, 2.75) is 26.3 Å². The summed E-state index contributed by atoms with van der Waals surface area (Å²) in [4.78, 5) is 25.8. The van der Waals surface area contributed by atoms with E-state index in [4.69, 9.17) is 6.42 Å². The maximum absolute atomic E-state index is 11.7. The molecule has 0 saturated heterocycles. The van der Waals surface area contributed by atoms with E-state index in [0.29, 0.717) is 5.69 Å². The number of carbonyl (C=O) groups is 1. The number of rotatable bonds is 2. The SMILES string of the molecule is C#CC(C)(C)NC(=O)c1ccc(C)[nH]c1=O. The Bertz CT molecular complexity index is 506. The summed E-state index contributed by atoms with van der Waals surface area (Å²) in [5.74, 6) is 1.96. The molecule has 0 fully saturated rings. The van der Waals surface area contributed by atoms with Crippen LogP contribution in [-0.2, 0) is 0 Å². The van der Waals surface area contributed by atoms with Gasteiger partial charge in [-0.05, 0) is 32.9 Å². The molecule has 0 radical (unpaired) electrons. The molecule has 1 aromatic heterocycles. The lowest BCUT2D eigenvalue weighted by atomic mass is 10.1. The highest BCUT2D eigenvalue weighted by Gasteiger charge is 2.19.